The molecule has 0 aliphatic rings. The first kappa shape index (κ1) is 21.8. The van der Waals surface area contributed by atoms with Crippen molar-refractivity contribution in [1.82, 2.24) is 36.1 Å². The Morgan fingerprint density at radius 1 is 1.31 bits per heavy atom. The summed E-state index contributed by atoms with van der Waals surface area (Å²) < 4.78 is 39.2. The molecule has 0 saturated heterocycles. The number of carboxylic acid groups (broad SMARTS) is 1. The van der Waals surface area contributed by atoms with Crippen LogP contribution in [0, 0.1) is 0 Å². The fourth-order valence-corrected chi connectivity index (χ4v) is 2.18. The molecule has 2 aromatic heterocycles. The number of nitrogens with zero attached hydrogens (tertiary/aromatic N) is 4. The number of rotatable bonds is 6. The van der Waals surface area contributed by atoms with Crippen LogP contribution in [0.2, 0.25) is 0 Å². The molecule has 0 fully saturated rings. The van der Waals surface area contributed by atoms with E-state index in [0.717, 1.165) is 5.56 Å². The number of hydrogen-bond donors (Lipinski definition) is 4. The summed E-state index contributed by atoms with van der Waals surface area (Å²) in [6.45, 7) is 1.92. The van der Waals surface area contributed by atoms with E-state index in [0.29, 0.717) is 11.4 Å². The van der Waals surface area contributed by atoms with Gasteiger partial charge in [0.05, 0.1) is 6.20 Å². The van der Waals surface area contributed by atoms with Crippen LogP contribution in [0.5, 0.6) is 5.75 Å². The first-order chi connectivity index (χ1) is 13.7. The molecule has 4 N–H and O–H groups in total. The zero-order chi connectivity index (χ0) is 21.4. The SMILES string of the molecule is CN[C@H](C)c1ccc(OC(F)(F)F)cc1.O=C(O)c1[nH]ncc1Cc1nn[nH]n1. The molecule has 0 amide bonds. The van der Waals surface area contributed by atoms with Gasteiger partial charge in [0, 0.05) is 18.0 Å². The fraction of sp³-hybridized carbons (Fsp3) is 0.312. The minimum atomic E-state index is -4.63. The molecular formula is C16H18F3N7O3. The summed E-state index contributed by atoms with van der Waals surface area (Å²) in [4.78, 5) is 10.7. The van der Waals surface area contributed by atoms with Crippen LogP contribution in [0.15, 0.2) is 30.5 Å². The molecule has 0 spiro atoms. The summed E-state index contributed by atoms with van der Waals surface area (Å²) in [5, 5.41) is 30.8. The van der Waals surface area contributed by atoms with Crippen LogP contribution in [0.3, 0.4) is 0 Å². The quantitative estimate of drug-likeness (QED) is 0.481. The van der Waals surface area contributed by atoms with Crippen molar-refractivity contribution in [3.05, 3.63) is 53.1 Å². The highest BCUT2D eigenvalue weighted by molar-refractivity contribution is 5.86. The molecule has 3 rings (SSSR count). The highest BCUT2D eigenvalue weighted by Gasteiger charge is 2.30. The van der Waals surface area contributed by atoms with Crippen LogP contribution in [0.25, 0.3) is 0 Å². The average molecular weight is 413 g/mol. The molecule has 10 nitrogen and oxygen atoms in total. The van der Waals surface area contributed by atoms with E-state index in [-0.39, 0.29) is 23.9 Å². The number of benzene rings is 1. The average Bonchev–Trinajstić information content (AvgIpc) is 3.33. The van der Waals surface area contributed by atoms with E-state index in [9.17, 15) is 18.0 Å². The van der Waals surface area contributed by atoms with E-state index >= 15 is 0 Å². The Hall–Kier alpha value is -3.48. The van der Waals surface area contributed by atoms with Crippen LogP contribution in [-0.2, 0) is 6.42 Å². The molecule has 0 aliphatic heterocycles. The molecule has 156 valence electrons. The van der Waals surface area contributed by atoms with Gasteiger partial charge in [0.2, 0.25) is 0 Å². The van der Waals surface area contributed by atoms with Crippen molar-refractivity contribution in [3.8, 4) is 5.75 Å². The van der Waals surface area contributed by atoms with Gasteiger partial charge in [-0.05, 0) is 31.7 Å². The molecule has 1 atom stereocenters. The normalized spacial score (nSPS) is 12.0. The standard InChI is InChI=1S/C10H12F3NO.C6H6N6O2/c1-7(14-2)8-3-5-9(6-4-8)15-10(11,12)13;13-6(14)5-3(2-7-10-5)1-4-8-11-12-9-4/h3-7,14H,1-2H3;2H,1H2,(H,7,10)(H,13,14)(H,8,9,11,12)/t7-;/m1./s1. The number of ether oxygens (including phenoxy) is 1. The van der Waals surface area contributed by atoms with E-state index in [2.05, 4.69) is 40.9 Å². The van der Waals surface area contributed by atoms with Crippen LogP contribution in [0.1, 0.15) is 40.4 Å². The highest BCUT2D eigenvalue weighted by Crippen LogP contribution is 2.24. The van der Waals surface area contributed by atoms with Crippen LogP contribution < -0.4 is 10.1 Å². The largest absolute Gasteiger partial charge is 0.573 e. The van der Waals surface area contributed by atoms with E-state index in [1.165, 1.54) is 18.3 Å². The van der Waals surface area contributed by atoms with Crippen molar-refractivity contribution in [2.24, 2.45) is 0 Å². The van der Waals surface area contributed by atoms with E-state index in [1.807, 2.05) is 6.92 Å². The van der Waals surface area contributed by atoms with Crippen molar-refractivity contribution in [3.63, 3.8) is 0 Å². The minimum absolute atomic E-state index is 0.0507. The Morgan fingerprint density at radius 2 is 2.00 bits per heavy atom. The lowest BCUT2D eigenvalue weighted by Gasteiger charge is -2.12. The third-order valence-corrected chi connectivity index (χ3v) is 3.72. The van der Waals surface area contributed by atoms with Crippen molar-refractivity contribution >= 4 is 5.97 Å². The van der Waals surface area contributed by atoms with Gasteiger partial charge >= 0.3 is 12.3 Å². The van der Waals surface area contributed by atoms with Crippen LogP contribution >= 0.6 is 0 Å². The highest BCUT2D eigenvalue weighted by atomic mass is 19.4. The molecule has 1 aromatic carbocycles. The van der Waals surface area contributed by atoms with Gasteiger partial charge in [0.25, 0.3) is 0 Å². The summed E-state index contributed by atoms with van der Waals surface area (Å²) in [5.74, 6) is -0.829. The number of aromatic carboxylic acids is 1. The molecule has 0 radical (unpaired) electrons. The van der Waals surface area contributed by atoms with Gasteiger partial charge in [0.1, 0.15) is 11.4 Å². The van der Waals surface area contributed by atoms with Crippen molar-refractivity contribution in [1.29, 1.82) is 0 Å². The van der Waals surface area contributed by atoms with E-state index in [4.69, 9.17) is 5.11 Å². The summed E-state index contributed by atoms with van der Waals surface area (Å²) in [6.07, 6.45) is -2.91. The molecular weight excluding hydrogens is 395 g/mol. The fourth-order valence-electron chi connectivity index (χ4n) is 2.18. The third-order valence-electron chi connectivity index (χ3n) is 3.72. The Morgan fingerprint density at radius 3 is 2.52 bits per heavy atom. The number of carboxylic acids is 1. The van der Waals surface area contributed by atoms with Gasteiger partial charge in [0.15, 0.2) is 5.82 Å². The molecule has 0 bridgehead atoms. The second-order valence-electron chi connectivity index (χ2n) is 5.71. The molecule has 3 aromatic rings. The molecule has 0 aliphatic carbocycles. The molecule has 0 saturated carbocycles. The lowest BCUT2D eigenvalue weighted by atomic mass is 10.1. The smallest absolute Gasteiger partial charge is 0.477 e. The number of nitrogens with one attached hydrogen (secondary N) is 3. The maximum Gasteiger partial charge on any atom is 0.573 e. The van der Waals surface area contributed by atoms with Crippen molar-refractivity contribution < 1.29 is 27.8 Å². The van der Waals surface area contributed by atoms with Gasteiger partial charge in [-0.3, -0.25) is 5.10 Å². The van der Waals surface area contributed by atoms with Gasteiger partial charge in [-0.2, -0.15) is 10.3 Å². The predicted octanol–water partition coefficient (Wildman–Crippen LogP) is 2.08. The zero-order valence-corrected chi connectivity index (χ0v) is 15.4. The maximum absolute atomic E-state index is 11.8. The number of aromatic nitrogens is 6. The predicted molar refractivity (Wildman–Crippen MR) is 93.1 cm³/mol. The first-order valence-electron chi connectivity index (χ1n) is 8.20. The molecule has 29 heavy (non-hydrogen) atoms. The first-order valence-corrected chi connectivity index (χ1v) is 8.20. The minimum Gasteiger partial charge on any atom is -0.477 e. The Bertz CT molecular complexity index is 895. The summed E-state index contributed by atoms with van der Waals surface area (Å²) in [7, 11) is 1.78. The van der Waals surface area contributed by atoms with Gasteiger partial charge in [-0.1, -0.05) is 17.3 Å². The second kappa shape index (κ2) is 9.64. The van der Waals surface area contributed by atoms with Gasteiger partial charge < -0.3 is 15.2 Å². The van der Waals surface area contributed by atoms with Crippen molar-refractivity contribution in [2.75, 3.05) is 7.05 Å². The number of hydrogen-bond acceptors (Lipinski definition) is 7. The lowest BCUT2D eigenvalue weighted by molar-refractivity contribution is -0.274. The van der Waals surface area contributed by atoms with Crippen LogP contribution in [0.4, 0.5) is 13.2 Å². The Balaban J connectivity index is 0.000000207. The zero-order valence-electron chi connectivity index (χ0n) is 15.4. The second-order valence-corrected chi connectivity index (χ2v) is 5.71. The van der Waals surface area contributed by atoms with Crippen LogP contribution in [-0.4, -0.2) is 55.3 Å². The molecule has 13 heteroatoms. The third kappa shape index (κ3) is 6.88. The number of H-pyrrole nitrogens is 2. The topological polar surface area (TPSA) is 142 Å². The number of tetrazole rings is 1. The van der Waals surface area contributed by atoms with E-state index in [1.54, 1.807) is 19.2 Å². The van der Waals surface area contributed by atoms with Crippen molar-refractivity contribution in [2.45, 2.75) is 25.7 Å². The monoisotopic (exact) mass is 413 g/mol. The summed E-state index contributed by atoms with van der Waals surface area (Å²) in [5.41, 5.74) is 1.49. The maximum atomic E-state index is 11.8. The summed E-state index contributed by atoms with van der Waals surface area (Å²) >= 11 is 0. The number of halogens is 3. The lowest BCUT2D eigenvalue weighted by Crippen LogP contribution is -2.17. The Labute approximate surface area is 162 Å². The molecule has 2 heterocycles. The van der Waals surface area contributed by atoms with Gasteiger partial charge in [-0.25, -0.2) is 4.79 Å². The summed E-state index contributed by atoms with van der Waals surface area (Å²) in [6, 6.07) is 5.91. The molecule has 0 unspecified atom stereocenters. The number of aromatic amines is 2. The number of carbonyl (C=O) groups is 1. The Kier molecular flexibility index (Phi) is 7.25. The van der Waals surface area contributed by atoms with Gasteiger partial charge in [-0.15, -0.1) is 23.4 Å². The number of alkyl halides is 3. The van der Waals surface area contributed by atoms with E-state index < -0.39 is 12.3 Å².